The first-order chi connectivity index (χ1) is 10.8. The average Bonchev–Trinajstić information content (AvgIpc) is 2.89. The standard InChI is InChI=1S/C17H23FN2O3/c1-11(21)20(3)15-9-8-13(16(15)22)17(23)19(2)10-12-6-4-5-7-14(12)18/h4-7,13,15-16,22H,8-10H2,1-3H3/t13-,15-,16+/m1/s1. The lowest BCUT2D eigenvalue weighted by atomic mass is 10.0. The van der Waals surface area contributed by atoms with Gasteiger partial charge in [0.25, 0.3) is 0 Å². The van der Waals surface area contributed by atoms with Crippen LogP contribution in [-0.2, 0) is 16.1 Å². The number of benzene rings is 1. The monoisotopic (exact) mass is 322 g/mol. The molecule has 0 unspecified atom stereocenters. The number of amides is 2. The third-order valence-electron chi connectivity index (χ3n) is 4.63. The Hall–Kier alpha value is -1.95. The minimum Gasteiger partial charge on any atom is -0.390 e. The van der Waals surface area contributed by atoms with E-state index >= 15 is 0 Å². The van der Waals surface area contributed by atoms with E-state index in [1.165, 1.54) is 22.8 Å². The second-order valence-electron chi connectivity index (χ2n) is 6.16. The second-order valence-corrected chi connectivity index (χ2v) is 6.16. The lowest BCUT2D eigenvalue weighted by Gasteiger charge is -2.29. The number of hydrogen-bond acceptors (Lipinski definition) is 3. The van der Waals surface area contributed by atoms with Crippen molar-refractivity contribution in [3.63, 3.8) is 0 Å². The van der Waals surface area contributed by atoms with Gasteiger partial charge in [0.1, 0.15) is 5.82 Å². The third kappa shape index (κ3) is 3.69. The first kappa shape index (κ1) is 17.4. The van der Waals surface area contributed by atoms with E-state index in [4.69, 9.17) is 0 Å². The Morgan fingerprint density at radius 3 is 2.52 bits per heavy atom. The molecule has 1 N–H and O–H groups in total. The fraction of sp³-hybridized carbons (Fsp3) is 0.529. The highest BCUT2D eigenvalue weighted by atomic mass is 19.1. The molecule has 2 rings (SSSR count). The minimum atomic E-state index is -0.889. The van der Waals surface area contributed by atoms with E-state index in [9.17, 15) is 19.1 Å². The van der Waals surface area contributed by atoms with Gasteiger partial charge in [-0.3, -0.25) is 9.59 Å². The summed E-state index contributed by atoms with van der Waals surface area (Å²) >= 11 is 0. The van der Waals surface area contributed by atoms with E-state index in [1.54, 1.807) is 32.3 Å². The third-order valence-corrected chi connectivity index (χ3v) is 4.63. The van der Waals surface area contributed by atoms with Gasteiger partial charge in [-0.15, -0.1) is 0 Å². The van der Waals surface area contributed by atoms with Crippen LogP contribution in [0, 0.1) is 11.7 Å². The van der Waals surface area contributed by atoms with Gasteiger partial charge in [0.05, 0.1) is 18.1 Å². The highest BCUT2D eigenvalue weighted by Gasteiger charge is 2.42. The minimum absolute atomic E-state index is 0.137. The quantitative estimate of drug-likeness (QED) is 0.911. The summed E-state index contributed by atoms with van der Waals surface area (Å²) < 4.78 is 13.7. The molecule has 2 amide bonds. The maximum atomic E-state index is 13.7. The van der Waals surface area contributed by atoms with E-state index in [1.807, 2.05) is 0 Å². The summed E-state index contributed by atoms with van der Waals surface area (Å²) in [6, 6.07) is 5.97. The molecule has 5 nitrogen and oxygen atoms in total. The number of nitrogens with zero attached hydrogens (tertiary/aromatic N) is 2. The fourth-order valence-electron chi connectivity index (χ4n) is 3.13. The molecular formula is C17H23FN2O3. The summed E-state index contributed by atoms with van der Waals surface area (Å²) in [6.45, 7) is 1.59. The molecule has 0 heterocycles. The van der Waals surface area contributed by atoms with Crippen LogP contribution in [0.2, 0.25) is 0 Å². The van der Waals surface area contributed by atoms with Gasteiger partial charge < -0.3 is 14.9 Å². The maximum Gasteiger partial charge on any atom is 0.228 e. The molecular weight excluding hydrogens is 299 g/mol. The molecule has 0 aliphatic heterocycles. The molecule has 126 valence electrons. The summed E-state index contributed by atoms with van der Waals surface area (Å²) in [7, 11) is 3.23. The first-order valence-electron chi connectivity index (χ1n) is 7.72. The van der Waals surface area contributed by atoms with Gasteiger partial charge in [-0.1, -0.05) is 18.2 Å². The first-order valence-corrected chi connectivity index (χ1v) is 7.72. The van der Waals surface area contributed by atoms with E-state index in [-0.39, 0.29) is 30.2 Å². The summed E-state index contributed by atoms with van der Waals surface area (Å²) in [5.74, 6) is -1.27. The van der Waals surface area contributed by atoms with Gasteiger partial charge in [-0.2, -0.15) is 0 Å². The van der Waals surface area contributed by atoms with Crippen molar-refractivity contribution in [2.75, 3.05) is 14.1 Å². The van der Waals surface area contributed by atoms with Crippen LogP contribution in [-0.4, -0.2) is 53.0 Å². The van der Waals surface area contributed by atoms with Crippen LogP contribution in [0.3, 0.4) is 0 Å². The smallest absolute Gasteiger partial charge is 0.228 e. The van der Waals surface area contributed by atoms with Crippen molar-refractivity contribution in [3.05, 3.63) is 35.6 Å². The Morgan fingerprint density at radius 1 is 1.26 bits per heavy atom. The zero-order valence-electron chi connectivity index (χ0n) is 13.7. The molecule has 3 atom stereocenters. The van der Waals surface area contributed by atoms with Crippen LogP contribution < -0.4 is 0 Å². The van der Waals surface area contributed by atoms with Crippen LogP contribution in [0.25, 0.3) is 0 Å². The topological polar surface area (TPSA) is 60.9 Å². The lowest BCUT2D eigenvalue weighted by molar-refractivity contribution is -0.140. The Kier molecular flexibility index (Phi) is 5.36. The van der Waals surface area contributed by atoms with Crippen molar-refractivity contribution in [2.45, 2.75) is 38.5 Å². The number of aliphatic hydroxyl groups is 1. The second kappa shape index (κ2) is 7.08. The molecule has 6 heteroatoms. The summed E-state index contributed by atoms with van der Waals surface area (Å²) in [5.41, 5.74) is 0.438. The molecule has 1 saturated carbocycles. The van der Waals surface area contributed by atoms with Gasteiger partial charge >= 0.3 is 0 Å². The van der Waals surface area contributed by atoms with E-state index in [2.05, 4.69) is 0 Å². The number of aliphatic hydroxyl groups excluding tert-OH is 1. The normalized spacial score (nSPS) is 23.6. The molecule has 23 heavy (non-hydrogen) atoms. The molecule has 1 aliphatic carbocycles. The van der Waals surface area contributed by atoms with Gasteiger partial charge in [-0.25, -0.2) is 4.39 Å². The Bertz CT molecular complexity index is 593. The Morgan fingerprint density at radius 2 is 1.91 bits per heavy atom. The van der Waals surface area contributed by atoms with Crippen molar-refractivity contribution in [2.24, 2.45) is 5.92 Å². The predicted molar refractivity (Wildman–Crippen MR) is 83.8 cm³/mol. The van der Waals surface area contributed by atoms with E-state index in [0.29, 0.717) is 18.4 Å². The maximum absolute atomic E-state index is 13.7. The van der Waals surface area contributed by atoms with E-state index < -0.39 is 12.0 Å². The van der Waals surface area contributed by atoms with Crippen molar-refractivity contribution in [1.29, 1.82) is 0 Å². The van der Waals surface area contributed by atoms with Crippen LogP contribution in [0.1, 0.15) is 25.3 Å². The van der Waals surface area contributed by atoms with Gasteiger partial charge in [0.2, 0.25) is 11.8 Å². The zero-order chi connectivity index (χ0) is 17.1. The van der Waals surface area contributed by atoms with Crippen molar-refractivity contribution in [1.82, 2.24) is 9.80 Å². The number of halogens is 1. The fourth-order valence-corrected chi connectivity index (χ4v) is 3.13. The molecule has 0 bridgehead atoms. The van der Waals surface area contributed by atoms with Gasteiger partial charge in [0, 0.05) is 33.1 Å². The Labute approximate surface area is 135 Å². The highest BCUT2D eigenvalue weighted by molar-refractivity contribution is 5.80. The highest BCUT2D eigenvalue weighted by Crippen LogP contribution is 2.31. The van der Waals surface area contributed by atoms with Gasteiger partial charge in [-0.05, 0) is 18.9 Å². The molecule has 0 saturated heterocycles. The summed E-state index contributed by atoms with van der Waals surface area (Å²) in [4.78, 5) is 26.9. The van der Waals surface area contributed by atoms with E-state index in [0.717, 1.165) is 0 Å². The number of rotatable bonds is 4. The Balaban J connectivity index is 2.03. The molecule has 1 fully saturated rings. The summed E-state index contributed by atoms with van der Waals surface area (Å²) in [6.07, 6.45) is 0.213. The van der Waals surface area contributed by atoms with Crippen LogP contribution in [0.15, 0.2) is 24.3 Å². The largest absolute Gasteiger partial charge is 0.390 e. The van der Waals surface area contributed by atoms with Crippen LogP contribution in [0.5, 0.6) is 0 Å². The average molecular weight is 322 g/mol. The molecule has 1 aromatic rings. The lowest BCUT2D eigenvalue weighted by Crippen LogP contribution is -2.45. The number of hydrogen-bond donors (Lipinski definition) is 1. The number of carbonyl (C=O) groups is 2. The van der Waals surface area contributed by atoms with Crippen molar-refractivity contribution in [3.8, 4) is 0 Å². The summed E-state index contributed by atoms with van der Waals surface area (Å²) in [5, 5.41) is 10.4. The van der Waals surface area contributed by atoms with Gasteiger partial charge in [0.15, 0.2) is 0 Å². The van der Waals surface area contributed by atoms with Crippen molar-refractivity contribution < 1.29 is 19.1 Å². The molecule has 0 radical (unpaired) electrons. The number of carbonyl (C=O) groups excluding carboxylic acids is 2. The SMILES string of the molecule is CC(=O)N(C)[C@@H]1CC[C@@H](C(=O)N(C)Cc2ccccc2F)[C@@H]1O. The number of likely N-dealkylation sites (N-methyl/N-ethyl adjacent to an activating group) is 1. The predicted octanol–water partition coefficient (Wildman–Crippen LogP) is 1.40. The molecule has 0 aromatic heterocycles. The van der Waals surface area contributed by atoms with Crippen LogP contribution in [0.4, 0.5) is 4.39 Å². The molecule has 0 spiro atoms. The molecule has 1 aromatic carbocycles. The van der Waals surface area contributed by atoms with Crippen LogP contribution >= 0.6 is 0 Å². The van der Waals surface area contributed by atoms with Crippen molar-refractivity contribution >= 4 is 11.8 Å². The zero-order valence-corrected chi connectivity index (χ0v) is 13.7. The molecule has 1 aliphatic rings.